The van der Waals surface area contributed by atoms with Crippen LogP contribution < -0.4 is 0 Å². The molecule has 0 fully saturated rings. The minimum atomic E-state index is -0.939. The molecule has 0 saturated heterocycles. The SMILES string of the molecule is CC(O)CC1CC(O)OC(c2ccc(F)cc2)=N1. The molecule has 2 rings (SSSR count). The average Bonchev–Trinajstić information content (AvgIpc) is 2.28. The van der Waals surface area contributed by atoms with Crippen LogP contribution in [0, 0.1) is 5.82 Å². The van der Waals surface area contributed by atoms with Crippen molar-refractivity contribution in [1.29, 1.82) is 0 Å². The lowest BCUT2D eigenvalue weighted by molar-refractivity contribution is -0.0488. The summed E-state index contributed by atoms with van der Waals surface area (Å²) in [6, 6.07) is 5.53. The van der Waals surface area contributed by atoms with Crippen LogP contribution in [0.15, 0.2) is 29.3 Å². The maximum absolute atomic E-state index is 12.8. The summed E-state index contributed by atoms with van der Waals surface area (Å²) in [4.78, 5) is 4.32. The smallest absolute Gasteiger partial charge is 0.218 e. The predicted molar refractivity (Wildman–Crippen MR) is 64.7 cm³/mol. The first kappa shape index (κ1) is 13.0. The fraction of sp³-hybridized carbons (Fsp3) is 0.462. The van der Waals surface area contributed by atoms with E-state index in [-0.39, 0.29) is 11.9 Å². The number of hydrogen-bond acceptors (Lipinski definition) is 4. The summed E-state index contributed by atoms with van der Waals surface area (Å²) in [6.07, 6.45) is -0.606. The Kier molecular flexibility index (Phi) is 3.93. The van der Waals surface area contributed by atoms with E-state index >= 15 is 0 Å². The predicted octanol–water partition coefficient (Wildman–Crippen LogP) is 1.45. The zero-order valence-corrected chi connectivity index (χ0v) is 10.1. The molecule has 5 heteroatoms. The molecule has 3 unspecified atom stereocenters. The van der Waals surface area contributed by atoms with Crippen molar-refractivity contribution in [3.63, 3.8) is 0 Å². The van der Waals surface area contributed by atoms with Crippen LogP contribution >= 0.6 is 0 Å². The van der Waals surface area contributed by atoms with Gasteiger partial charge in [-0.1, -0.05) is 0 Å². The van der Waals surface area contributed by atoms with Crippen molar-refractivity contribution in [1.82, 2.24) is 0 Å². The van der Waals surface area contributed by atoms with Crippen molar-refractivity contribution in [3.05, 3.63) is 35.6 Å². The monoisotopic (exact) mass is 253 g/mol. The molecule has 1 aliphatic rings. The minimum absolute atomic E-state index is 0.186. The molecule has 2 N–H and O–H groups in total. The molecule has 1 aromatic carbocycles. The van der Waals surface area contributed by atoms with Gasteiger partial charge in [-0.05, 0) is 37.6 Å². The van der Waals surface area contributed by atoms with Crippen LogP contribution in [0.3, 0.4) is 0 Å². The summed E-state index contributed by atoms with van der Waals surface area (Å²) < 4.78 is 18.0. The molecule has 18 heavy (non-hydrogen) atoms. The van der Waals surface area contributed by atoms with Gasteiger partial charge in [0.2, 0.25) is 12.2 Å². The van der Waals surface area contributed by atoms with Gasteiger partial charge in [0.25, 0.3) is 0 Å². The van der Waals surface area contributed by atoms with E-state index in [1.807, 2.05) is 0 Å². The fourth-order valence-electron chi connectivity index (χ4n) is 1.94. The molecule has 1 aliphatic heterocycles. The average molecular weight is 253 g/mol. The highest BCUT2D eigenvalue weighted by Crippen LogP contribution is 2.20. The number of rotatable bonds is 3. The third-order valence-corrected chi connectivity index (χ3v) is 2.73. The lowest BCUT2D eigenvalue weighted by atomic mass is 10.1. The Hall–Kier alpha value is -1.46. The van der Waals surface area contributed by atoms with Gasteiger partial charge in [-0.2, -0.15) is 0 Å². The van der Waals surface area contributed by atoms with E-state index in [9.17, 15) is 14.6 Å². The quantitative estimate of drug-likeness (QED) is 0.857. The molecule has 0 amide bonds. The van der Waals surface area contributed by atoms with E-state index in [0.717, 1.165) is 0 Å². The second-order valence-corrected chi connectivity index (χ2v) is 4.49. The van der Waals surface area contributed by atoms with E-state index in [0.29, 0.717) is 24.3 Å². The summed E-state index contributed by atoms with van der Waals surface area (Å²) in [6.45, 7) is 1.68. The molecule has 0 spiro atoms. The Balaban J connectivity index is 2.19. The first-order valence-corrected chi connectivity index (χ1v) is 5.91. The van der Waals surface area contributed by atoms with E-state index in [1.165, 1.54) is 12.1 Å². The molecule has 0 aliphatic carbocycles. The maximum atomic E-state index is 12.8. The zero-order valence-electron chi connectivity index (χ0n) is 10.1. The Morgan fingerprint density at radius 3 is 2.72 bits per heavy atom. The minimum Gasteiger partial charge on any atom is -0.448 e. The molecule has 3 atom stereocenters. The van der Waals surface area contributed by atoms with Gasteiger partial charge in [0.1, 0.15) is 5.82 Å². The van der Waals surface area contributed by atoms with Crippen molar-refractivity contribution < 1.29 is 19.3 Å². The van der Waals surface area contributed by atoms with Gasteiger partial charge in [-0.25, -0.2) is 9.38 Å². The number of hydrogen-bond donors (Lipinski definition) is 2. The summed E-state index contributed by atoms with van der Waals surface area (Å²) >= 11 is 0. The molecule has 0 aromatic heterocycles. The maximum Gasteiger partial charge on any atom is 0.218 e. The molecule has 0 bridgehead atoms. The standard InChI is InChI=1S/C13H16FNO3/c1-8(16)6-11-7-12(17)18-13(15-11)9-2-4-10(14)5-3-9/h2-5,8,11-12,16-17H,6-7H2,1H3. The topological polar surface area (TPSA) is 62.0 Å². The molecular formula is C13H16FNO3. The second kappa shape index (κ2) is 5.46. The first-order valence-electron chi connectivity index (χ1n) is 5.91. The Bertz CT molecular complexity index is 430. The lowest BCUT2D eigenvalue weighted by Crippen LogP contribution is -2.31. The Morgan fingerprint density at radius 2 is 2.11 bits per heavy atom. The fourth-order valence-corrected chi connectivity index (χ4v) is 1.94. The van der Waals surface area contributed by atoms with E-state index in [1.54, 1.807) is 19.1 Å². The van der Waals surface area contributed by atoms with Gasteiger partial charge in [0, 0.05) is 12.0 Å². The summed E-state index contributed by atoms with van der Waals surface area (Å²) in [7, 11) is 0. The molecule has 1 heterocycles. The number of halogens is 1. The third kappa shape index (κ3) is 3.27. The van der Waals surface area contributed by atoms with Crippen LogP contribution in [-0.2, 0) is 4.74 Å². The van der Waals surface area contributed by atoms with Crippen LogP contribution in [0.2, 0.25) is 0 Å². The van der Waals surface area contributed by atoms with Gasteiger partial charge in [0.15, 0.2) is 0 Å². The number of nitrogens with zero attached hydrogens (tertiary/aromatic N) is 1. The highest BCUT2D eigenvalue weighted by Gasteiger charge is 2.25. The molecule has 1 aromatic rings. The summed E-state index contributed by atoms with van der Waals surface area (Å²) in [5, 5.41) is 19.0. The highest BCUT2D eigenvalue weighted by atomic mass is 19.1. The van der Waals surface area contributed by atoms with Crippen LogP contribution in [0.25, 0.3) is 0 Å². The van der Waals surface area contributed by atoms with Crippen molar-refractivity contribution in [2.45, 2.75) is 38.2 Å². The zero-order chi connectivity index (χ0) is 13.1. The Labute approximate surface area is 105 Å². The van der Waals surface area contributed by atoms with Gasteiger partial charge < -0.3 is 14.9 Å². The Morgan fingerprint density at radius 1 is 1.44 bits per heavy atom. The summed E-state index contributed by atoms with van der Waals surface area (Å²) in [5.41, 5.74) is 0.616. The number of benzene rings is 1. The van der Waals surface area contributed by atoms with E-state index in [2.05, 4.69) is 4.99 Å². The number of ether oxygens (including phenoxy) is 1. The van der Waals surface area contributed by atoms with Crippen molar-refractivity contribution in [2.24, 2.45) is 4.99 Å². The number of aliphatic hydroxyl groups is 2. The first-order chi connectivity index (χ1) is 8.54. The molecule has 0 radical (unpaired) electrons. The number of aliphatic imine (C=N–C) groups is 1. The van der Waals surface area contributed by atoms with Crippen molar-refractivity contribution in [2.75, 3.05) is 0 Å². The largest absolute Gasteiger partial charge is 0.448 e. The van der Waals surface area contributed by atoms with Crippen molar-refractivity contribution in [3.8, 4) is 0 Å². The van der Waals surface area contributed by atoms with Gasteiger partial charge >= 0.3 is 0 Å². The molecule has 4 nitrogen and oxygen atoms in total. The molecule has 98 valence electrons. The molecular weight excluding hydrogens is 237 g/mol. The van der Waals surface area contributed by atoms with Crippen LogP contribution in [0.4, 0.5) is 4.39 Å². The lowest BCUT2D eigenvalue weighted by Gasteiger charge is -2.26. The second-order valence-electron chi connectivity index (χ2n) is 4.49. The number of aliphatic hydroxyl groups excluding tert-OH is 2. The summed E-state index contributed by atoms with van der Waals surface area (Å²) in [5.74, 6) is -0.0457. The van der Waals surface area contributed by atoms with E-state index < -0.39 is 12.4 Å². The molecule has 0 saturated carbocycles. The van der Waals surface area contributed by atoms with Crippen molar-refractivity contribution >= 4 is 5.90 Å². The normalized spacial score (nSPS) is 25.2. The van der Waals surface area contributed by atoms with Crippen LogP contribution in [0.1, 0.15) is 25.3 Å². The van der Waals surface area contributed by atoms with Crippen LogP contribution in [-0.4, -0.2) is 34.5 Å². The third-order valence-electron chi connectivity index (χ3n) is 2.73. The van der Waals surface area contributed by atoms with Crippen LogP contribution in [0.5, 0.6) is 0 Å². The highest BCUT2D eigenvalue weighted by molar-refractivity contribution is 5.94. The van der Waals surface area contributed by atoms with Gasteiger partial charge in [0.05, 0.1) is 12.1 Å². The van der Waals surface area contributed by atoms with E-state index in [4.69, 9.17) is 4.74 Å². The van der Waals surface area contributed by atoms with Gasteiger partial charge in [-0.3, -0.25) is 0 Å². The van der Waals surface area contributed by atoms with Gasteiger partial charge in [-0.15, -0.1) is 0 Å².